The Kier molecular flexibility index (Phi) is 14.8. The molecule has 3 heterocycles. The van der Waals surface area contributed by atoms with Crippen LogP contribution < -0.4 is 15.1 Å². The monoisotopic (exact) mass is 870 g/mol. The van der Waals surface area contributed by atoms with Crippen LogP contribution in [0.4, 0.5) is 21.5 Å². The highest BCUT2D eigenvalue weighted by atomic mass is 32.2. The maximum atomic E-state index is 15.1. The van der Waals surface area contributed by atoms with Gasteiger partial charge in [-0.05, 0) is 169 Å². The molecule has 4 aliphatic rings. The molecule has 11 nitrogen and oxygen atoms in total. The van der Waals surface area contributed by atoms with E-state index in [1.54, 1.807) is 36.4 Å². The molecule has 0 radical (unpaired) electrons. The van der Waals surface area contributed by atoms with Crippen LogP contribution in [0.25, 0.3) is 0 Å². The number of nitrogens with zero attached hydrogens (tertiary/aromatic N) is 5. The molecule has 0 bridgehead atoms. The second-order valence-electron chi connectivity index (χ2n) is 18.6. The predicted octanol–water partition coefficient (Wildman–Crippen LogP) is 6.94. The average molecular weight is 871 g/mol. The lowest BCUT2D eigenvalue weighted by Crippen LogP contribution is -2.58. The zero-order valence-corrected chi connectivity index (χ0v) is 38.1. The number of hydrogen-bond donors (Lipinski definition) is 1. The standard InChI is InChI=1S/C49H67FN6O5S/c1-6-47(57)51-41-29-43(53(4)22-9-21-52(2)3)31-45(30-41)62(59,60)44-17-15-42(16-18-44)56-33-36(34-56)32-54-25-19-38(20-26-54)49(35-55-23-10-24-55,39-12-8-13-40(50)28-39)46-14-7-11-37(46)27-48(58)61-5/h6,8,12-13,15-18,28-31,36-38,46H,1,7,9-11,14,19-27,32-35H2,2-5H3,(H,51,57)/t37-,46+,49+/m1/s1. The summed E-state index contributed by atoms with van der Waals surface area (Å²) in [5.74, 6) is 0.660. The number of ether oxygens (including phenoxy) is 1. The van der Waals surface area contributed by atoms with Crippen molar-refractivity contribution in [3.63, 3.8) is 0 Å². The molecule has 1 aliphatic carbocycles. The Balaban J connectivity index is 0.993. The summed E-state index contributed by atoms with van der Waals surface area (Å²) in [7, 11) is 3.55. The fourth-order valence-electron chi connectivity index (χ4n) is 10.9. The molecule has 3 aromatic carbocycles. The Morgan fingerprint density at radius 3 is 2.29 bits per heavy atom. The lowest BCUT2D eigenvalue weighted by atomic mass is 9.56. The van der Waals surface area contributed by atoms with Gasteiger partial charge in [-0.3, -0.25) is 9.59 Å². The maximum absolute atomic E-state index is 15.1. The van der Waals surface area contributed by atoms with E-state index < -0.39 is 15.7 Å². The van der Waals surface area contributed by atoms with Gasteiger partial charge < -0.3 is 34.6 Å². The highest BCUT2D eigenvalue weighted by molar-refractivity contribution is 7.91. The summed E-state index contributed by atoms with van der Waals surface area (Å²) >= 11 is 0. The van der Waals surface area contributed by atoms with Crippen LogP contribution >= 0.6 is 0 Å². The van der Waals surface area contributed by atoms with Gasteiger partial charge in [-0.1, -0.05) is 25.1 Å². The summed E-state index contributed by atoms with van der Waals surface area (Å²) in [6.45, 7) is 13.0. The topological polar surface area (TPSA) is 106 Å². The van der Waals surface area contributed by atoms with E-state index in [2.05, 4.69) is 37.6 Å². The van der Waals surface area contributed by atoms with Gasteiger partial charge in [0.2, 0.25) is 15.7 Å². The lowest BCUT2D eigenvalue weighted by molar-refractivity contribution is -0.142. The molecular formula is C49H67FN6O5S. The highest BCUT2D eigenvalue weighted by Crippen LogP contribution is 2.54. The van der Waals surface area contributed by atoms with Gasteiger partial charge in [0.25, 0.3) is 0 Å². The van der Waals surface area contributed by atoms with Crippen LogP contribution in [-0.2, 0) is 29.6 Å². The van der Waals surface area contributed by atoms with E-state index in [1.165, 1.54) is 25.7 Å². The van der Waals surface area contributed by atoms with Crippen molar-refractivity contribution in [2.45, 2.75) is 66.6 Å². The molecule has 0 spiro atoms. The third-order valence-electron chi connectivity index (χ3n) is 14.3. The SMILES string of the molecule is C=CC(=O)Nc1cc(N(C)CCCN(C)C)cc(S(=O)(=O)c2ccc(N3CC(CN4CCC([C@@](CN5CCC5)(c5cccc(F)c5)[C@H]5CCC[C@@H]5CC(=O)OC)CC4)C3)cc2)c1. The average Bonchev–Trinajstić information content (AvgIpc) is 3.70. The van der Waals surface area contributed by atoms with Gasteiger partial charge in [0.1, 0.15) is 5.82 Å². The molecule has 1 amide bonds. The molecule has 4 fully saturated rings. The number of methoxy groups -OCH3 is 1. The molecule has 13 heteroatoms. The van der Waals surface area contributed by atoms with Crippen molar-refractivity contribution in [3.8, 4) is 0 Å². The third-order valence-corrected chi connectivity index (χ3v) is 16.0. The molecule has 3 aromatic rings. The molecule has 7 rings (SSSR count). The number of amides is 1. The fraction of sp³-hybridized carbons (Fsp3) is 0.551. The summed E-state index contributed by atoms with van der Waals surface area (Å²) in [4.78, 5) is 36.8. The number of anilines is 3. The predicted molar refractivity (Wildman–Crippen MR) is 245 cm³/mol. The molecule has 336 valence electrons. The second kappa shape index (κ2) is 20.0. The zero-order chi connectivity index (χ0) is 44.0. The number of nitrogens with one attached hydrogen (secondary N) is 1. The van der Waals surface area contributed by atoms with Gasteiger partial charge in [-0.25, -0.2) is 12.8 Å². The number of carbonyl (C=O) groups is 2. The molecule has 62 heavy (non-hydrogen) atoms. The van der Waals surface area contributed by atoms with E-state index in [0.717, 1.165) is 115 Å². The normalized spacial score (nSPS) is 21.2. The highest BCUT2D eigenvalue weighted by Gasteiger charge is 2.53. The van der Waals surface area contributed by atoms with Crippen molar-refractivity contribution < 1.29 is 27.1 Å². The summed E-state index contributed by atoms with van der Waals surface area (Å²) < 4.78 is 48.4. The van der Waals surface area contributed by atoms with Crippen molar-refractivity contribution in [2.75, 3.05) is 109 Å². The number of benzene rings is 3. The van der Waals surface area contributed by atoms with E-state index in [4.69, 9.17) is 4.74 Å². The number of piperidine rings is 1. The first-order valence-electron chi connectivity index (χ1n) is 22.6. The molecule has 3 aliphatic heterocycles. The number of halogens is 1. The Bertz CT molecular complexity index is 2130. The first-order chi connectivity index (χ1) is 29.8. The number of hydrogen-bond acceptors (Lipinski definition) is 10. The first kappa shape index (κ1) is 45.7. The molecular weight excluding hydrogens is 804 g/mol. The van der Waals surface area contributed by atoms with E-state index in [9.17, 15) is 18.0 Å². The fourth-order valence-corrected chi connectivity index (χ4v) is 12.2. The van der Waals surface area contributed by atoms with Crippen LogP contribution in [0, 0.1) is 29.5 Å². The summed E-state index contributed by atoms with van der Waals surface area (Å²) in [6, 6.07) is 19.5. The minimum Gasteiger partial charge on any atom is -0.469 e. The Morgan fingerprint density at radius 1 is 0.903 bits per heavy atom. The molecule has 0 unspecified atom stereocenters. The second-order valence-corrected chi connectivity index (χ2v) is 20.5. The van der Waals surface area contributed by atoms with Crippen molar-refractivity contribution in [1.82, 2.24) is 14.7 Å². The van der Waals surface area contributed by atoms with Gasteiger partial charge in [0.05, 0.1) is 16.9 Å². The van der Waals surface area contributed by atoms with Crippen molar-refractivity contribution in [1.29, 1.82) is 0 Å². The van der Waals surface area contributed by atoms with Crippen molar-refractivity contribution in [3.05, 3.63) is 90.8 Å². The first-order valence-corrected chi connectivity index (χ1v) is 24.1. The quantitative estimate of drug-likeness (QED) is 0.101. The van der Waals surface area contributed by atoms with E-state index in [-0.39, 0.29) is 32.9 Å². The number of likely N-dealkylation sites (tertiary alicyclic amines) is 2. The van der Waals surface area contributed by atoms with Crippen molar-refractivity contribution in [2.24, 2.45) is 23.7 Å². The smallest absolute Gasteiger partial charge is 0.305 e. The van der Waals surface area contributed by atoms with Gasteiger partial charge in [0, 0.05) is 74.6 Å². The number of esters is 1. The van der Waals surface area contributed by atoms with Gasteiger partial charge in [-0.15, -0.1) is 0 Å². The van der Waals surface area contributed by atoms with E-state index in [0.29, 0.717) is 35.5 Å². The number of sulfone groups is 1. The molecule has 3 saturated heterocycles. The van der Waals surface area contributed by atoms with Crippen LogP contribution in [0.15, 0.2) is 89.2 Å². The summed E-state index contributed by atoms with van der Waals surface area (Å²) in [6.07, 6.45) is 8.90. The van der Waals surface area contributed by atoms with E-state index in [1.807, 2.05) is 44.2 Å². The van der Waals surface area contributed by atoms with Crippen LogP contribution in [-0.4, -0.2) is 129 Å². The Labute approximate surface area is 369 Å². The van der Waals surface area contributed by atoms with Crippen LogP contribution in [0.5, 0.6) is 0 Å². The lowest BCUT2D eigenvalue weighted by Gasteiger charge is -2.54. The van der Waals surface area contributed by atoms with E-state index >= 15 is 4.39 Å². The van der Waals surface area contributed by atoms with Crippen LogP contribution in [0.1, 0.15) is 56.9 Å². The minimum absolute atomic E-state index is 0.118. The Morgan fingerprint density at radius 2 is 1.65 bits per heavy atom. The van der Waals surface area contributed by atoms with Crippen molar-refractivity contribution >= 4 is 38.8 Å². The third kappa shape index (κ3) is 10.4. The molecule has 1 saturated carbocycles. The zero-order valence-electron chi connectivity index (χ0n) is 37.2. The number of rotatable bonds is 19. The van der Waals surface area contributed by atoms with Gasteiger partial charge in [0.15, 0.2) is 0 Å². The summed E-state index contributed by atoms with van der Waals surface area (Å²) in [5, 5.41) is 2.75. The van der Waals surface area contributed by atoms with Gasteiger partial charge >= 0.3 is 5.97 Å². The molecule has 3 atom stereocenters. The van der Waals surface area contributed by atoms with Crippen LogP contribution in [0.2, 0.25) is 0 Å². The summed E-state index contributed by atoms with van der Waals surface area (Å²) in [5.41, 5.74) is 2.97. The van der Waals surface area contributed by atoms with Gasteiger partial charge in [-0.2, -0.15) is 0 Å². The number of carbonyl (C=O) groups excluding carboxylic acids is 2. The molecule has 1 N–H and O–H groups in total. The largest absolute Gasteiger partial charge is 0.469 e. The van der Waals surface area contributed by atoms with Crippen LogP contribution in [0.3, 0.4) is 0 Å². The molecule has 0 aromatic heterocycles. The maximum Gasteiger partial charge on any atom is 0.305 e. The Hall–Kier alpha value is -4.30. The minimum atomic E-state index is -3.89.